The number of benzene rings is 1. The largest absolute Gasteiger partial charge is 0.494 e. The van der Waals surface area contributed by atoms with Crippen LogP contribution in [0, 0.1) is 17.8 Å². The highest BCUT2D eigenvalue weighted by atomic mass is 16.5. The van der Waals surface area contributed by atoms with E-state index in [1.54, 1.807) is 18.2 Å². The summed E-state index contributed by atoms with van der Waals surface area (Å²) in [6, 6.07) is 5.51. The second-order valence-electron chi connectivity index (χ2n) is 7.28. The number of nitrogens with two attached hydrogens (primary N) is 1. The first-order chi connectivity index (χ1) is 12.0. The predicted molar refractivity (Wildman–Crippen MR) is 97.5 cm³/mol. The molecule has 1 aromatic carbocycles. The Morgan fingerprint density at radius 1 is 1.16 bits per heavy atom. The lowest BCUT2D eigenvalue weighted by molar-refractivity contribution is -0.122. The summed E-state index contributed by atoms with van der Waals surface area (Å²) in [5, 5.41) is 5.71. The van der Waals surface area contributed by atoms with Crippen LogP contribution >= 0.6 is 0 Å². The molecule has 2 bridgehead atoms. The molecule has 2 unspecified atom stereocenters. The van der Waals surface area contributed by atoms with Crippen LogP contribution in [-0.2, 0) is 9.59 Å². The first kappa shape index (κ1) is 17.7. The van der Waals surface area contributed by atoms with Crippen molar-refractivity contribution in [3.63, 3.8) is 0 Å². The lowest BCUT2D eigenvalue weighted by Crippen LogP contribution is -2.48. The number of hydrogen-bond acceptors (Lipinski definition) is 4. The van der Waals surface area contributed by atoms with Crippen LogP contribution in [0.2, 0.25) is 0 Å². The summed E-state index contributed by atoms with van der Waals surface area (Å²) < 4.78 is 5.31. The van der Waals surface area contributed by atoms with Crippen LogP contribution < -0.4 is 21.1 Å². The second kappa shape index (κ2) is 7.44. The fourth-order valence-corrected chi connectivity index (χ4v) is 4.31. The topological polar surface area (TPSA) is 93.4 Å². The molecule has 0 heterocycles. The van der Waals surface area contributed by atoms with Gasteiger partial charge in [-0.25, -0.2) is 0 Å². The van der Waals surface area contributed by atoms with Crippen molar-refractivity contribution in [2.75, 3.05) is 17.7 Å². The molecular formula is C19H27N3O3. The van der Waals surface area contributed by atoms with Crippen LogP contribution in [0.15, 0.2) is 18.2 Å². The molecule has 0 aromatic heterocycles. The normalized spacial score (nSPS) is 28.1. The highest BCUT2D eigenvalue weighted by molar-refractivity contribution is 5.94. The first-order valence-electron chi connectivity index (χ1n) is 9.00. The molecule has 136 valence electrons. The number of carbonyl (C=O) groups excluding carboxylic acids is 2. The summed E-state index contributed by atoms with van der Waals surface area (Å²) >= 11 is 0. The van der Waals surface area contributed by atoms with E-state index >= 15 is 0 Å². The predicted octanol–water partition coefficient (Wildman–Crippen LogP) is 2.75. The number of amides is 2. The Morgan fingerprint density at radius 3 is 2.44 bits per heavy atom. The highest BCUT2D eigenvalue weighted by Crippen LogP contribution is 2.42. The molecule has 0 saturated heterocycles. The van der Waals surface area contributed by atoms with Crippen molar-refractivity contribution in [3.8, 4) is 5.75 Å². The molecule has 1 aromatic rings. The maximum Gasteiger partial charge on any atom is 0.227 e. The van der Waals surface area contributed by atoms with Gasteiger partial charge in [0.2, 0.25) is 11.8 Å². The third-order valence-electron chi connectivity index (χ3n) is 5.56. The summed E-state index contributed by atoms with van der Waals surface area (Å²) in [6.07, 6.45) is 5.27. The van der Waals surface area contributed by atoms with Crippen molar-refractivity contribution in [1.82, 2.24) is 0 Å². The first-order valence-corrected chi connectivity index (χ1v) is 9.00. The van der Waals surface area contributed by atoms with Crippen LogP contribution in [0.1, 0.15) is 39.0 Å². The average molecular weight is 345 g/mol. The van der Waals surface area contributed by atoms with Gasteiger partial charge in [-0.15, -0.1) is 0 Å². The number of hydrogen-bond donors (Lipinski definition) is 3. The van der Waals surface area contributed by atoms with Gasteiger partial charge in [0.05, 0.1) is 12.8 Å². The number of fused-ring (bicyclic) bond motifs is 2. The van der Waals surface area contributed by atoms with Crippen molar-refractivity contribution in [2.24, 2.45) is 23.5 Å². The number of ether oxygens (including phenoxy) is 1. The maximum atomic E-state index is 12.7. The number of rotatable bonds is 4. The zero-order chi connectivity index (χ0) is 18.0. The number of methoxy groups -OCH3 is 1. The zero-order valence-electron chi connectivity index (χ0n) is 14.9. The van der Waals surface area contributed by atoms with E-state index in [1.807, 2.05) is 0 Å². The van der Waals surface area contributed by atoms with Crippen molar-refractivity contribution >= 4 is 23.2 Å². The third kappa shape index (κ3) is 3.95. The van der Waals surface area contributed by atoms with E-state index < -0.39 is 0 Å². The van der Waals surface area contributed by atoms with Crippen LogP contribution in [0.4, 0.5) is 11.4 Å². The molecule has 0 spiro atoms. The molecule has 0 aliphatic heterocycles. The summed E-state index contributed by atoms with van der Waals surface area (Å²) in [4.78, 5) is 23.9. The van der Waals surface area contributed by atoms with Gasteiger partial charge >= 0.3 is 0 Å². The van der Waals surface area contributed by atoms with Gasteiger partial charge in [-0.2, -0.15) is 0 Å². The molecule has 3 rings (SSSR count). The van der Waals surface area contributed by atoms with E-state index in [9.17, 15) is 9.59 Å². The second-order valence-corrected chi connectivity index (χ2v) is 7.28. The quantitative estimate of drug-likeness (QED) is 0.782. The average Bonchev–Trinajstić information content (AvgIpc) is 2.55. The van der Waals surface area contributed by atoms with E-state index in [-0.39, 0.29) is 23.8 Å². The van der Waals surface area contributed by atoms with E-state index in [4.69, 9.17) is 10.5 Å². The van der Waals surface area contributed by atoms with Gasteiger partial charge in [0.15, 0.2) is 0 Å². The van der Waals surface area contributed by atoms with Gasteiger partial charge in [-0.1, -0.05) is 6.42 Å². The number of nitrogens with one attached hydrogen (secondary N) is 2. The Bertz CT molecular complexity index is 647. The van der Waals surface area contributed by atoms with Crippen LogP contribution in [-0.4, -0.2) is 25.0 Å². The fourth-order valence-electron chi connectivity index (χ4n) is 4.31. The Labute approximate surface area is 148 Å². The zero-order valence-corrected chi connectivity index (χ0v) is 14.9. The summed E-state index contributed by atoms with van der Waals surface area (Å²) in [6.45, 7) is 1.44. The molecule has 0 radical (unpaired) electrons. The van der Waals surface area contributed by atoms with Crippen molar-refractivity contribution in [2.45, 2.75) is 45.1 Å². The molecular weight excluding hydrogens is 318 g/mol. The standard InChI is InChI=1S/C19H27N3O3/c1-11(23)21-16-7-6-15(10-17(16)25-2)22-19(24)14-8-12-4-3-5-13(9-14)18(12)20/h6-7,10,12-14,18H,3-5,8-9,20H2,1-2H3,(H,21,23)(H,22,24). The minimum atomic E-state index is -0.167. The SMILES string of the molecule is COc1cc(NC(=O)C2CC3CCCC(C2)C3N)ccc1NC(C)=O. The van der Waals surface area contributed by atoms with Crippen LogP contribution in [0.3, 0.4) is 0 Å². The molecule has 2 aliphatic rings. The Morgan fingerprint density at radius 2 is 1.84 bits per heavy atom. The van der Waals surface area contributed by atoms with Gasteiger partial charge < -0.3 is 21.1 Å². The summed E-state index contributed by atoms with van der Waals surface area (Å²) in [5.74, 6) is 1.38. The minimum absolute atomic E-state index is 0.0242. The van der Waals surface area contributed by atoms with Crippen molar-refractivity contribution in [3.05, 3.63) is 18.2 Å². The van der Waals surface area contributed by atoms with Crippen molar-refractivity contribution < 1.29 is 14.3 Å². The monoisotopic (exact) mass is 345 g/mol. The van der Waals surface area contributed by atoms with Gasteiger partial charge in [0.25, 0.3) is 0 Å². The smallest absolute Gasteiger partial charge is 0.227 e. The van der Waals surface area contributed by atoms with Gasteiger partial charge in [0.1, 0.15) is 5.75 Å². The number of anilines is 2. The molecule has 2 atom stereocenters. The molecule has 2 fully saturated rings. The summed E-state index contributed by atoms with van der Waals surface area (Å²) in [5.41, 5.74) is 7.58. The van der Waals surface area contributed by atoms with E-state index in [0.717, 1.165) is 25.7 Å². The van der Waals surface area contributed by atoms with Gasteiger partial charge in [-0.05, 0) is 49.7 Å². The highest BCUT2D eigenvalue weighted by Gasteiger charge is 2.40. The Kier molecular flexibility index (Phi) is 5.27. The fraction of sp³-hybridized carbons (Fsp3) is 0.579. The molecule has 2 saturated carbocycles. The van der Waals surface area contributed by atoms with Crippen LogP contribution in [0.25, 0.3) is 0 Å². The molecule has 2 aliphatic carbocycles. The molecule has 6 nitrogen and oxygen atoms in total. The maximum absolute atomic E-state index is 12.7. The molecule has 6 heteroatoms. The lowest BCUT2D eigenvalue weighted by Gasteiger charge is -2.43. The van der Waals surface area contributed by atoms with Gasteiger partial charge in [-0.3, -0.25) is 9.59 Å². The summed E-state index contributed by atoms with van der Waals surface area (Å²) in [7, 11) is 1.54. The molecule has 2 amide bonds. The molecule has 4 N–H and O–H groups in total. The molecule has 25 heavy (non-hydrogen) atoms. The van der Waals surface area contributed by atoms with E-state index in [2.05, 4.69) is 10.6 Å². The van der Waals surface area contributed by atoms with E-state index in [1.165, 1.54) is 20.5 Å². The Balaban J connectivity index is 1.67. The van der Waals surface area contributed by atoms with Crippen molar-refractivity contribution in [1.29, 1.82) is 0 Å². The van der Waals surface area contributed by atoms with Crippen LogP contribution in [0.5, 0.6) is 5.75 Å². The number of carbonyl (C=O) groups is 2. The Hall–Kier alpha value is -2.08. The lowest BCUT2D eigenvalue weighted by atomic mass is 9.65. The van der Waals surface area contributed by atoms with Gasteiger partial charge in [0, 0.05) is 30.6 Å². The third-order valence-corrected chi connectivity index (χ3v) is 5.56. The van der Waals surface area contributed by atoms with E-state index in [0.29, 0.717) is 29.0 Å². The minimum Gasteiger partial charge on any atom is -0.494 e.